The van der Waals surface area contributed by atoms with Crippen molar-refractivity contribution in [1.82, 2.24) is 5.32 Å². The summed E-state index contributed by atoms with van der Waals surface area (Å²) in [6, 6.07) is 13.1. The first-order chi connectivity index (χ1) is 11.1. The molecule has 23 heavy (non-hydrogen) atoms. The summed E-state index contributed by atoms with van der Waals surface area (Å²) in [6.45, 7) is 0.586. The van der Waals surface area contributed by atoms with Gasteiger partial charge in [0.1, 0.15) is 12.1 Å². The van der Waals surface area contributed by atoms with Gasteiger partial charge in [0.25, 0.3) is 0 Å². The number of amides is 2. The van der Waals surface area contributed by atoms with Crippen LogP contribution in [-0.4, -0.2) is 30.6 Å². The van der Waals surface area contributed by atoms with Crippen molar-refractivity contribution in [2.45, 2.75) is 31.4 Å². The van der Waals surface area contributed by atoms with Gasteiger partial charge < -0.3 is 15.8 Å². The Morgan fingerprint density at radius 3 is 2.74 bits per heavy atom. The molecule has 3 N–H and O–H groups in total. The Labute approximate surface area is 134 Å². The molecule has 2 aromatic carbocycles. The number of hydrogen-bond acceptors (Lipinski definition) is 3. The van der Waals surface area contributed by atoms with E-state index >= 15 is 0 Å². The van der Waals surface area contributed by atoms with E-state index in [1.165, 1.54) is 0 Å². The molecule has 1 aliphatic heterocycles. The van der Waals surface area contributed by atoms with E-state index in [2.05, 4.69) is 5.32 Å². The third kappa shape index (κ3) is 3.51. The molecule has 0 aliphatic carbocycles. The molecule has 1 saturated heterocycles. The molecule has 5 heteroatoms. The molecule has 0 aromatic heterocycles. The molecule has 5 nitrogen and oxygen atoms in total. The minimum absolute atomic E-state index is 0.258. The van der Waals surface area contributed by atoms with Crippen LogP contribution in [0.4, 0.5) is 0 Å². The Morgan fingerprint density at radius 1 is 1.22 bits per heavy atom. The van der Waals surface area contributed by atoms with E-state index in [4.69, 9.17) is 10.5 Å². The zero-order valence-corrected chi connectivity index (χ0v) is 12.8. The van der Waals surface area contributed by atoms with Crippen molar-refractivity contribution < 1.29 is 14.3 Å². The van der Waals surface area contributed by atoms with Crippen LogP contribution in [0.15, 0.2) is 42.5 Å². The van der Waals surface area contributed by atoms with E-state index in [-0.39, 0.29) is 5.91 Å². The van der Waals surface area contributed by atoms with E-state index in [1.807, 2.05) is 42.5 Å². The van der Waals surface area contributed by atoms with Crippen molar-refractivity contribution >= 4 is 22.6 Å². The number of carbonyl (C=O) groups excluding carboxylic acids is 2. The van der Waals surface area contributed by atoms with Gasteiger partial charge in [0, 0.05) is 13.0 Å². The lowest BCUT2D eigenvalue weighted by Gasteiger charge is -2.19. The fraction of sp³-hybridized carbons (Fsp3) is 0.333. The van der Waals surface area contributed by atoms with Crippen LogP contribution in [-0.2, 0) is 20.7 Å². The molecule has 0 spiro atoms. The zero-order valence-electron chi connectivity index (χ0n) is 12.8. The Hall–Kier alpha value is -2.40. The first-order valence-electron chi connectivity index (χ1n) is 7.83. The molecular formula is C18H20N2O3. The van der Waals surface area contributed by atoms with Crippen LogP contribution < -0.4 is 11.1 Å². The van der Waals surface area contributed by atoms with Gasteiger partial charge in [-0.3, -0.25) is 9.59 Å². The van der Waals surface area contributed by atoms with Crippen molar-refractivity contribution in [2.24, 2.45) is 5.73 Å². The lowest BCUT2D eigenvalue weighted by Crippen LogP contribution is -2.49. The topological polar surface area (TPSA) is 81.4 Å². The molecule has 3 rings (SSSR count). The number of fused-ring (bicyclic) bond motifs is 1. The second kappa shape index (κ2) is 6.79. The van der Waals surface area contributed by atoms with Gasteiger partial charge in [-0.05, 0) is 29.2 Å². The lowest BCUT2D eigenvalue weighted by atomic mass is 9.98. The van der Waals surface area contributed by atoms with Gasteiger partial charge in [-0.25, -0.2) is 0 Å². The molecule has 0 bridgehead atoms. The monoisotopic (exact) mass is 312 g/mol. The Bertz CT molecular complexity index is 718. The molecule has 0 radical (unpaired) electrons. The number of rotatable bonds is 5. The fourth-order valence-corrected chi connectivity index (χ4v) is 2.96. The average Bonchev–Trinajstić information content (AvgIpc) is 3.09. The maximum absolute atomic E-state index is 12.2. The predicted octanol–water partition coefficient (Wildman–Crippen LogP) is 1.53. The van der Waals surface area contributed by atoms with Crippen LogP contribution >= 0.6 is 0 Å². The highest BCUT2D eigenvalue weighted by molar-refractivity contribution is 5.90. The second-order valence-corrected chi connectivity index (χ2v) is 5.81. The van der Waals surface area contributed by atoms with Crippen LogP contribution in [0.25, 0.3) is 10.8 Å². The maximum atomic E-state index is 12.2. The molecule has 1 aliphatic rings. The molecule has 2 aromatic rings. The van der Waals surface area contributed by atoms with Crippen molar-refractivity contribution in [1.29, 1.82) is 0 Å². The Balaban J connectivity index is 1.78. The van der Waals surface area contributed by atoms with Crippen LogP contribution in [0.1, 0.15) is 18.4 Å². The largest absolute Gasteiger partial charge is 0.368 e. The summed E-state index contributed by atoms with van der Waals surface area (Å²) >= 11 is 0. The summed E-state index contributed by atoms with van der Waals surface area (Å²) in [5, 5.41) is 4.89. The van der Waals surface area contributed by atoms with Crippen LogP contribution in [0.2, 0.25) is 0 Å². The van der Waals surface area contributed by atoms with E-state index < -0.39 is 18.1 Å². The third-order valence-electron chi connectivity index (χ3n) is 4.19. The van der Waals surface area contributed by atoms with Crippen molar-refractivity contribution in [3.8, 4) is 0 Å². The van der Waals surface area contributed by atoms with Gasteiger partial charge in [0.2, 0.25) is 11.8 Å². The Kier molecular flexibility index (Phi) is 4.57. The number of nitrogens with two attached hydrogens (primary N) is 1. The SMILES string of the molecule is NC(=O)[C@@H](Cc1cccc2ccccc12)NC(=O)[C@H]1CCCO1. The smallest absolute Gasteiger partial charge is 0.249 e. The molecule has 2 atom stereocenters. The number of carbonyl (C=O) groups is 2. The van der Waals surface area contributed by atoms with Gasteiger partial charge in [-0.15, -0.1) is 0 Å². The summed E-state index contributed by atoms with van der Waals surface area (Å²) in [5.74, 6) is -0.796. The van der Waals surface area contributed by atoms with E-state index in [0.29, 0.717) is 19.4 Å². The van der Waals surface area contributed by atoms with Crippen molar-refractivity contribution in [2.75, 3.05) is 6.61 Å². The maximum Gasteiger partial charge on any atom is 0.249 e. The van der Waals surface area contributed by atoms with Crippen LogP contribution in [0, 0.1) is 0 Å². The first kappa shape index (κ1) is 15.5. The fourth-order valence-electron chi connectivity index (χ4n) is 2.96. The van der Waals surface area contributed by atoms with Crippen molar-refractivity contribution in [3.05, 3.63) is 48.0 Å². The number of primary amides is 1. The highest BCUT2D eigenvalue weighted by Crippen LogP contribution is 2.20. The summed E-state index contributed by atoms with van der Waals surface area (Å²) in [4.78, 5) is 23.9. The predicted molar refractivity (Wildman–Crippen MR) is 87.8 cm³/mol. The van der Waals surface area contributed by atoms with Gasteiger partial charge in [0.05, 0.1) is 0 Å². The summed E-state index contributed by atoms with van der Waals surface area (Å²) in [6.07, 6.45) is 1.45. The minimum atomic E-state index is -0.738. The van der Waals surface area contributed by atoms with Gasteiger partial charge in [-0.1, -0.05) is 42.5 Å². The van der Waals surface area contributed by atoms with E-state index in [0.717, 1.165) is 22.8 Å². The molecule has 2 amide bonds. The van der Waals surface area contributed by atoms with Gasteiger partial charge >= 0.3 is 0 Å². The third-order valence-corrected chi connectivity index (χ3v) is 4.19. The number of benzene rings is 2. The number of ether oxygens (including phenoxy) is 1. The number of hydrogen-bond donors (Lipinski definition) is 2. The highest BCUT2D eigenvalue weighted by atomic mass is 16.5. The molecule has 120 valence electrons. The van der Waals surface area contributed by atoms with E-state index in [1.54, 1.807) is 0 Å². The summed E-state index contributed by atoms with van der Waals surface area (Å²) in [5.41, 5.74) is 6.47. The van der Waals surface area contributed by atoms with Crippen LogP contribution in [0.3, 0.4) is 0 Å². The lowest BCUT2D eigenvalue weighted by molar-refractivity contribution is -0.133. The zero-order chi connectivity index (χ0) is 16.2. The number of nitrogens with one attached hydrogen (secondary N) is 1. The van der Waals surface area contributed by atoms with Crippen LogP contribution in [0.5, 0.6) is 0 Å². The molecule has 0 unspecified atom stereocenters. The summed E-state index contributed by atoms with van der Waals surface area (Å²) < 4.78 is 5.35. The average molecular weight is 312 g/mol. The molecule has 0 saturated carbocycles. The normalized spacial score (nSPS) is 18.7. The molecular weight excluding hydrogens is 292 g/mol. The summed E-state index contributed by atoms with van der Waals surface area (Å²) in [7, 11) is 0. The van der Waals surface area contributed by atoms with E-state index in [9.17, 15) is 9.59 Å². The quantitative estimate of drug-likeness (QED) is 0.878. The van der Waals surface area contributed by atoms with Crippen molar-refractivity contribution in [3.63, 3.8) is 0 Å². The molecule has 1 heterocycles. The highest BCUT2D eigenvalue weighted by Gasteiger charge is 2.27. The second-order valence-electron chi connectivity index (χ2n) is 5.81. The minimum Gasteiger partial charge on any atom is -0.368 e. The van der Waals surface area contributed by atoms with Gasteiger partial charge in [0.15, 0.2) is 0 Å². The van der Waals surface area contributed by atoms with Gasteiger partial charge in [-0.2, -0.15) is 0 Å². The molecule has 1 fully saturated rings. The Morgan fingerprint density at radius 2 is 2.00 bits per heavy atom. The first-order valence-corrected chi connectivity index (χ1v) is 7.83. The standard InChI is InChI=1S/C18H20N2O3/c19-17(21)15(20-18(22)16-9-4-10-23-16)11-13-7-3-6-12-5-1-2-8-14(12)13/h1-3,5-8,15-16H,4,9-11H2,(H2,19,21)(H,20,22)/t15-,16-/m1/s1.